The molecule has 6 nitrogen and oxygen atoms in total. The fraction of sp³-hybridized carbons (Fsp3) is 0.263. The van der Waals surface area contributed by atoms with Crippen molar-refractivity contribution in [2.45, 2.75) is 6.92 Å². The number of carbonyl (C=O) groups is 2. The lowest BCUT2D eigenvalue weighted by Gasteiger charge is -2.29. The van der Waals surface area contributed by atoms with Gasteiger partial charge in [-0.15, -0.1) is 0 Å². The van der Waals surface area contributed by atoms with E-state index in [1.165, 1.54) is 4.90 Å². The third kappa shape index (κ3) is 3.74. The highest BCUT2D eigenvalue weighted by Crippen LogP contribution is 2.32. The molecule has 0 aromatic heterocycles. The summed E-state index contributed by atoms with van der Waals surface area (Å²) in [6.07, 6.45) is 0. The van der Waals surface area contributed by atoms with Gasteiger partial charge in [-0.1, -0.05) is 6.07 Å². The molecule has 2 aromatic carbocycles. The first-order valence-electron chi connectivity index (χ1n) is 8.05. The van der Waals surface area contributed by atoms with Crippen molar-refractivity contribution in [1.82, 2.24) is 0 Å². The van der Waals surface area contributed by atoms with Crippen LogP contribution in [0.25, 0.3) is 0 Å². The summed E-state index contributed by atoms with van der Waals surface area (Å²) in [5, 5.41) is 2.83. The van der Waals surface area contributed by atoms with Gasteiger partial charge in [0, 0.05) is 25.5 Å². The quantitative estimate of drug-likeness (QED) is 0.929. The second-order valence-corrected chi connectivity index (χ2v) is 6.23. The van der Waals surface area contributed by atoms with Gasteiger partial charge >= 0.3 is 0 Å². The molecule has 0 atom stereocenters. The summed E-state index contributed by atoms with van der Waals surface area (Å²) in [6.45, 7) is 1.85. The van der Waals surface area contributed by atoms with Crippen LogP contribution in [-0.4, -0.2) is 39.1 Å². The molecule has 25 heavy (non-hydrogen) atoms. The van der Waals surface area contributed by atoms with Crippen LogP contribution in [0.1, 0.15) is 5.56 Å². The monoisotopic (exact) mass is 339 g/mol. The van der Waals surface area contributed by atoms with Crippen LogP contribution in [-0.2, 0) is 9.59 Å². The Morgan fingerprint density at radius 2 is 1.92 bits per heavy atom. The molecule has 6 heteroatoms. The van der Waals surface area contributed by atoms with Crippen molar-refractivity contribution >= 4 is 28.9 Å². The summed E-state index contributed by atoms with van der Waals surface area (Å²) in [5.74, 6) is 0.150. The maximum absolute atomic E-state index is 12.4. The molecular formula is C19H21N3O3. The molecule has 1 N–H and O–H groups in total. The van der Waals surface area contributed by atoms with Crippen molar-refractivity contribution in [1.29, 1.82) is 0 Å². The molecule has 0 saturated heterocycles. The summed E-state index contributed by atoms with van der Waals surface area (Å²) in [6, 6.07) is 13.1. The number of amides is 2. The van der Waals surface area contributed by atoms with Crippen molar-refractivity contribution < 1.29 is 14.3 Å². The Balaban J connectivity index is 1.71. The van der Waals surface area contributed by atoms with E-state index in [1.807, 2.05) is 62.3 Å². The standard InChI is InChI=1S/C19H21N3O3/c1-13-4-9-16-17(10-13)25-12-19(24)22(16)11-18(23)20-14-5-7-15(8-6-14)21(2)3/h4-10H,11-12H2,1-3H3,(H,20,23). The van der Waals surface area contributed by atoms with E-state index in [9.17, 15) is 9.59 Å². The summed E-state index contributed by atoms with van der Waals surface area (Å²) in [5.41, 5.74) is 3.41. The summed E-state index contributed by atoms with van der Waals surface area (Å²) < 4.78 is 5.45. The van der Waals surface area contributed by atoms with Crippen LogP contribution >= 0.6 is 0 Å². The molecule has 1 aliphatic rings. The zero-order chi connectivity index (χ0) is 18.0. The Labute approximate surface area is 147 Å². The number of rotatable bonds is 4. The normalized spacial score (nSPS) is 13.1. The predicted molar refractivity (Wildman–Crippen MR) is 98.4 cm³/mol. The summed E-state index contributed by atoms with van der Waals surface area (Å²) >= 11 is 0. The molecule has 0 bridgehead atoms. The fourth-order valence-corrected chi connectivity index (χ4v) is 2.67. The van der Waals surface area contributed by atoms with E-state index in [0.717, 1.165) is 11.3 Å². The van der Waals surface area contributed by atoms with Crippen LogP contribution in [0, 0.1) is 6.92 Å². The molecular weight excluding hydrogens is 318 g/mol. The molecule has 1 heterocycles. The number of fused-ring (bicyclic) bond motifs is 1. The lowest BCUT2D eigenvalue weighted by Crippen LogP contribution is -2.43. The van der Waals surface area contributed by atoms with Crippen molar-refractivity contribution in [3.63, 3.8) is 0 Å². The molecule has 0 spiro atoms. The van der Waals surface area contributed by atoms with Gasteiger partial charge in [0.15, 0.2) is 6.61 Å². The number of aryl methyl sites for hydroxylation is 1. The average Bonchev–Trinajstić information content (AvgIpc) is 2.58. The largest absolute Gasteiger partial charge is 0.482 e. The van der Waals surface area contributed by atoms with Crippen LogP contribution < -0.4 is 19.9 Å². The number of nitrogens with one attached hydrogen (secondary N) is 1. The molecule has 1 aliphatic heterocycles. The number of hydrogen-bond donors (Lipinski definition) is 1. The highest BCUT2D eigenvalue weighted by Gasteiger charge is 2.27. The van der Waals surface area contributed by atoms with Crippen LogP contribution in [0.2, 0.25) is 0 Å². The molecule has 3 rings (SSSR count). The maximum Gasteiger partial charge on any atom is 0.265 e. The maximum atomic E-state index is 12.4. The molecule has 0 radical (unpaired) electrons. The first-order valence-corrected chi connectivity index (χ1v) is 8.05. The predicted octanol–water partition coefficient (Wildman–Crippen LogP) is 2.43. The SMILES string of the molecule is Cc1ccc2c(c1)OCC(=O)N2CC(=O)Nc1ccc(N(C)C)cc1. The van der Waals surface area contributed by atoms with E-state index in [1.54, 1.807) is 6.07 Å². The van der Waals surface area contributed by atoms with Crippen LogP contribution in [0.5, 0.6) is 5.75 Å². The average molecular weight is 339 g/mol. The number of nitrogens with zero attached hydrogens (tertiary/aromatic N) is 2. The molecule has 0 fully saturated rings. The first kappa shape index (κ1) is 16.8. The van der Waals surface area contributed by atoms with E-state index in [4.69, 9.17) is 4.74 Å². The lowest BCUT2D eigenvalue weighted by molar-refractivity contribution is -0.123. The van der Waals surface area contributed by atoms with E-state index >= 15 is 0 Å². The number of carbonyl (C=O) groups excluding carboxylic acids is 2. The van der Waals surface area contributed by atoms with E-state index in [-0.39, 0.29) is 25.0 Å². The van der Waals surface area contributed by atoms with Gasteiger partial charge in [0.2, 0.25) is 5.91 Å². The Morgan fingerprint density at radius 3 is 2.60 bits per heavy atom. The first-order chi connectivity index (χ1) is 11.9. The summed E-state index contributed by atoms with van der Waals surface area (Å²) in [4.78, 5) is 28.0. The minimum absolute atomic E-state index is 0.0479. The smallest absolute Gasteiger partial charge is 0.265 e. The van der Waals surface area contributed by atoms with Gasteiger partial charge in [0.05, 0.1) is 5.69 Å². The highest BCUT2D eigenvalue weighted by molar-refractivity contribution is 6.05. The Morgan fingerprint density at radius 1 is 1.20 bits per heavy atom. The lowest BCUT2D eigenvalue weighted by atomic mass is 10.1. The van der Waals surface area contributed by atoms with E-state index < -0.39 is 0 Å². The van der Waals surface area contributed by atoms with Gasteiger partial charge < -0.3 is 15.0 Å². The second kappa shape index (κ2) is 6.84. The number of hydrogen-bond acceptors (Lipinski definition) is 4. The molecule has 0 aliphatic carbocycles. The molecule has 2 aromatic rings. The number of ether oxygens (including phenoxy) is 1. The van der Waals surface area contributed by atoms with Crippen molar-refractivity contribution in [3.05, 3.63) is 48.0 Å². The number of benzene rings is 2. The van der Waals surface area contributed by atoms with Gasteiger partial charge in [-0.25, -0.2) is 0 Å². The minimum atomic E-state index is -0.251. The van der Waals surface area contributed by atoms with Gasteiger partial charge in [-0.2, -0.15) is 0 Å². The van der Waals surface area contributed by atoms with Crippen LogP contribution in [0.3, 0.4) is 0 Å². The number of anilines is 3. The molecule has 2 amide bonds. The molecule has 0 saturated carbocycles. The van der Waals surface area contributed by atoms with Crippen molar-refractivity contribution in [2.75, 3.05) is 42.4 Å². The summed E-state index contributed by atoms with van der Waals surface area (Å²) in [7, 11) is 3.91. The molecule has 0 unspecified atom stereocenters. The van der Waals surface area contributed by atoms with Crippen molar-refractivity contribution in [3.8, 4) is 5.75 Å². The third-order valence-electron chi connectivity index (χ3n) is 4.03. The van der Waals surface area contributed by atoms with E-state index in [0.29, 0.717) is 17.1 Å². The van der Waals surface area contributed by atoms with Crippen LogP contribution in [0.15, 0.2) is 42.5 Å². The zero-order valence-corrected chi connectivity index (χ0v) is 14.6. The third-order valence-corrected chi connectivity index (χ3v) is 4.03. The Kier molecular flexibility index (Phi) is 4.61. The Bertz CT molecular complexity index is 800. The molecule has 130 valence electrons. The Hall–Kier alpha value is -3.02. The van der Waals surface area contributed by atoms with Crippen LogP contribution in [0.4, 0.5) is 17.1 Å². The topological polar surface area (TPSA) is 61.9 Å². The van der Waals surface area contributed by atoms with Gasteiger partial charge in [-0.3, -0.25) is 14.5 Å². The zero-order valence-electron chi connectivity index (χ0n) is 14.6. The van der Waals surface area contributed by atoms with Crippen molar-refractivity contribution in [2.24, 2.45) is 0 Å². The van der Waals surface area contributed by atoms with Gasteiger partial charge in [0.1, 0.15) is 12.3 Å². The minimum Gasteiger partial charge on any atom is -0.482 e. The van der Waals surface area contributed by atoms with Gasteiger partial charge in [0.25, 0.3) is 5.91 Å². The second-order valence-electron chi connectivity index (χ2n) is 6.23. The highest BCUT2D eigenvalue weighted by atomic mass is 16.5. The van der Waals surface area contributed by atoms with Gasteiger partial charge in [-0.05, 0) is 48.9 Å². The van der Waals surface area contributed by atoms with E-state index in [2.05, 4.69) is 5.32 Å². The fourth-order valence-electron chi connectivity index (χ4n) is 2.67.